The number of rotatable bonds is 7. The van der Waals surface area contributed by atoms with Crippen LogP contribution in [0.2, 0.25) is 0 Å². The first-order chi connectivity index (χ1) is 17.4. The van der Waals surface area contributed by atoms with Gasteiger partial charge in [-0.25, -0.2) is 22.7 Å². The summed E-state index contributed by atoms with van der Waals surface area (Å²) in [6.45, 7) is 0.321. The Hall–Kier alpha value is -4.15. The van der Waals surface area contributed by atoms with Gasteiger partial charge >= 0.3 is 0 Å². The molecule has 1 aliphatic rings. The van der Waals surface area contributed by atoms with Crippen LogP contribution in [0.5, 0.6) is 0 Å². The minimum atomic E-state index is -3.65. The van der Waals surface area contributed by atoms with Crippen LogP contribution in [0.25, 0.3) is 11.3 Å². The molecule has 3 heterocycles. The lowest BCUT2D eigenvalue weighted by Crippen LogP contribution is -2.29. The van der Waals surface area contributed by atoms with Crippen LogP contribution in [-0.2, 0) is 27.7 Å². The summed E-state index contributed by atoms with van der Waals surface area (Å²) in [5.41, 5.74) is 4.41. The fourth-order valence-corrected chi connectivity index (χ4v) is 5.12. The Morgan fingerprint density at radius 3 is 2.56 bits per heavy atom. The summed E-state index contributed by atoms with van der Waals surface area (Å²) in [4.78, 5) is 25.7. The third-order valence-electron chi connectivity index (χ3n) is 5.90. The van der Waals surface area contributed by atoms with Gasteiger partial charge in [0.25, 0.3) is 0 Å². The van der Waals surface area contributed by atoms with Crippen molar-refractivity contribution in [1.82, 2.24) is 19.3 Å². The number of hydrogen-bond donors (Lipinski definition) is 2. The number of aromatic nitrogens is 3. The number of likely N-dealkylation sites (N-methyl/N-ethyl adjacent to an activating group) is 1. The van der Waals surface area contributed by atoms with Gasteiger partial charge in [-0.15, -0.1) is 0 Å². The van der Waals surface area contributed by atoms with E-state index < -0.39 is 10.0 Å². The predicted molar refractivity (Wildman–Crippen MR) is 137 cm³/mol. The molecule has 4 aromatic rings. The second kappa shape index (κ2) is 9.84. The fourth-order valence-electron chi connectivity index (χ4n) is 3.95. The molecule has 2 aromatic carbocycles. The van der Waals surface area contributed by atoms with Crippen molar-refractivity contribution in [2.24, 2.45) is 0 Å². The topological polar surface area (TPSA) is 117 Å². The van der Waals surface area contributed by atoms with E-state index in [0.29, 0.717) is 36.0 Å². The zero-order valence-electron chi connectivity index (χ0n) is 19.5. The third-order valence-corrected chi connectivity index (χ3v) is 7.77. The van der Waals surface area contributed by atoms with Crippen molar-refractivity contribution in [2.45, 2.75) is 17.7 Å². The Morgan fingerprint density at radius 1 is 1.00 bits per heavy atom. The Morgan fingerprint density at radius 2 is 1.78 bits per heavy atom. The Kier molecular flexibility index (Phi) is 6.45. The molecule has 0 fully saturated rings. The number of pyridine rings is 1. The van der Waals surface area contributed by atoms with E-state index in [1.807, 2.05) is 42.5 Å². The first-order valence-corrected chi connectivity index (χ1v) is 12.8. The van der Waals surface area contributed by atoms with E-state index in [2.05, 4.69) is 25.6 Å². The number of amides is 1. The SMILES string of the molecule is CN(CCc1ccccn1)S(=O)(=O)c1ccc(Nc2ncc3c(n2)-c2ccccc2NC(=O)C3)cc1. The van der Waals surface area contributed by atoms with E-state index in [4.69, 9.17) is 0 Å². The predicted octanol–water partition coefficient (Wildman–Crippen LogP) is 3.64. The number of para-hydroxylation sites is 1. The van der Waals surface area contributed by atoms with Crippen LogP contribution < -0.4 is 10.6 Å². The molecule has 2 N–H and O–H groups in total. The van der Waals surface area contributed by atoms with Gasteiger partial charge in [-0.3, -0.25) is 9.78 Å². The van der Waals surface area contributed by atoms with Crippen LogP contribution >= 0.6 is 0 Å². The van der Waals surface area contributed by atoms with E-state index in [9.17, 15) is 13.2 Å². The van der Waals surface area contributed by atoms with Crippen molar-refractivity contribution in [3.63, 3.8) is 0 Å². The molecule has 0 atom stereocenters. The highest BCUT2D eigenvalue weighted by Gasteiger charge is 2.22. The van der Waals surface area contributed by atoms with Crippen LogP contribution in [0.4, 0.5) is 17.3 Å². The second-order valence-corrected chi connectivity index (χ2v) is 10.4. The van der Waals surface area contributed by atoms with Crippen LogP contribution in [0.15, 0.2) is 84.0 Å². The fraction of sp³-hybridized carbons (Fsp3) is 0.154. The monoisotopic (exact) mass is 500 g/mol. The lowest BCUT2D eigenvalue weighted by atomic mass is 10.1. The van der Waals surface area contributed by atoms with E-state index in [-0.39, 0.29) is 17.2 Å². The van der Waals surface area contributed by atoms with Crippen molar-refractivity contribution in [3.8, 4) is 11.3 Å². The number of carbonyl (C=O) groups is 1. The summed E-state index contributed by atoms with van der Waals surface area (Å²) in [6.07, 6.45) is 4.04. The molecule has 0 spiro atoms. The number of benzene rings is 2. The molecular formula is C26H24N6O3S. The highest BCUT2D eigenvalue weighted by molar-refractivity contribution is 7.89. The average molecular weight is 501 g/mol. The van der Waals surface area contributed by atoms with Crippen molar-refractivity contribution in [2.75, 3.05) is 24.2 Å². The number of carbonyl (C=O) groups excluding carboxylic acids is 1. The van der Waals surface area contributed by atoms with Crippen molar-refractivity contribution in [3.05, 3.63) is 90.4 Å². The van der Waals surface area contributed by atoms with Gasteiger partial charge < -0.3 is 10.6 Å². The van der Waals surface area contributed by atoms with Gasteiger partial charge in [0, 0.05) is 54.9 Å². The van der Waals surface area contributed by atoms with Gasteiger partial charge in [-0.05, 0) is 42.5 Å². The molecule has 0 unspecified atom stereocenters. The molecule has 0 saturated heterocycles. The molecule has 1 amide bonds. The Balaban J connectivity index is 1.32. The van der Waals surface area contributed by atoms with Gasteiger partial charge in [0.05, 0.1) is 22.7 Å². The molecular weight excluding hydrogens is 476 g/mol. The summed E-state index contributed by atoms with van der Waals surface area (Å²) in [7, 11) is -2.08. The smallest absolute Gasteiger partial charge is 0.242 e. The number of sulfonamides is 1. The summed E-state index contributed by atoms with van der Waals surface area (Å²) in [5.74, 6) is 0.230. The molecule has 10 heteroatoms. The highest BCUT2D eigenvalue weighted by Crippen LogP contribution is 2.33. The van der Waals surface area contributed by atoms with Crippen LogP contribution in [-0.4, -0.2) is 47.2 Å². The average Bonchev–Trinajstić information content (AvgIpc) is 3.03. The number of fused-ring (bicyclic) bond motifs is 3. The Labute approximate surface area is 209 Å². The van der Waals surface area contributed by atoms with Gasteiger partial charge in [-0.2, -0.15) is 0 Å². The summed E-state index contributed by atoms with van der Waals surface area (Å²) in [5, 5.41) is 6.02. The second-order valence-electron chi connectivity index (χ2n) is 8.39. The molecule has 1 aliphatic heterocycles. The van der Waals surface area contributed by atoms with Crippen molar-refractivity contribution >= 4 is 33.3 Å². The van der Waals surface area contributed by atoms with E-state index >= 15 is 0 Å². The zero-order valence-corrected chi connectivity index (χ0v) is 20.4. The largest absolute Gasteiger partial charge is 0.325 e. The molecule has 0 saturated carbocycles. The molecule has 36 heavy (non-hydrogen) atoms. The van der Waals surface area contributed by atoms with Crippen molar-refractivity contribution in [1.29, 1.82) is 0 Å². The van der Waals surface area contributed by atoms with E-state index in [0.717, 1.165) is 16.8 Å². The highest BCUT2D eigenvalue weighted by atomic mass is 32.2. The van der Waals surface area contributed by atoms with E-state index in [1.165, 1.54) is 4.31 Å². The first kappa shape index (κ1) is 23.6. The normalized spacial score (nSPS) is 12.9. The Bertz CT molecular complexity index is 1510. The molecule has 0 radical (unpaired) electrons. The van der Waals surface area contributed by atoms with Crippen molar-refractivity contribution < 1.29 is 13.2 Å². The molecule has 0 bridgehead atoms. The minimum absolute atomic E-state index is 0.118. The number of nitrogens with one attached hydrogen (secondary N) is 2. The lowest BCUT2D eigenvalue weighted by molar-refractivity contribution is -0.115. The maximum atomic E-state index is 13.0. The van der Waals surface area contributed by atoms with Crippen LogP contribution in [0.1, 0.15) is 11.3 Å². The first-order valence-electron chi connectivity index (χ1n) is 11.4. The van der Waals surface area contributed by atoms with E-state index in [1.54, 1.807) is 43.7 Å². The maximum absolute atomic E-state index is 13.0. The number of nitrogens with zero attached hydrogens (tertiary/aromatic N) is 4. The van der Waals surface area contributed by atoms with Crippen LogP contribution in [0.3, 0.4) is 0 Å². The number of anilines is 3. The molecule has 9 nitrogen and oxygen atoms in total. The van der Waals surface area contributed by atoms with Gasteiger partial charge in [0.15, 0.2) is 0 Å². The van der Waals surface area contributed by atoms with Gasteiger partial charge in [0.1, 0.15) is 0 Å². The molecule has 182 valence electrons. The maximum Gasteiger partial charge on any atom is 0.242 e. The molecule has 2 aromatic heterocycles. The lowest BCUT2D eigenvalue weighted by Gasteiger charge is -2.17. The number of hydrogen-bond acceptors (Lipinski definition) is 7. The third kappa shape index (κ3) is 4.95. The standard InChI is InChI=1S/C26H24N6O3S/c1-32(15-13-19-6-4-5-14-27-19)36(34,35)21-11-9-20(10-12-21)29-26-28-17-18-16-24(33)30-23-8-3-2-7-22(23)25(18)31-26/h2-12,14,17H,13,15-16H2,1H3,(H,30,33)(H,28,29,31). The summed E-state index contributed by atoms with van der Waals surface area (Å²) >= 11 is 0. The minimum Gasteiger partial charge on any atom is -0.325 e. The van der Waals surface area contributed by atoms with Gasteiger partial charge in [-0.1, -0.05) is 24.3 Å². The molecule has 0 aliphatic carbocycles. The summed E-state index contributed by atoms with van der Waals surface area (Å²) < 4.78 is 27.3. The quantitative estimate of drug-likeness (QED) is 0.398. The molecule has 5 rings (SSSR count). The van der Waals surface area contributed by atoms with Gasteiger partial charge in [0.2, 0.25) is 21.9 Å². The van der Waals surface area contributed by atoms with Crippen LogP contribution in [0, 0.1) is 0 Å². The zero-order chi connectivity index (χ0) is 25.1. The summed E-state index contributed by atoms with van der Waals surface area (Å²) in [6, 6.07) is 19.5.